The lowest BCUT2D eigenvalue weighted by Crippen LogP contribution is -2.01. The number of benzene rings is 2. The van der Waals surface area contributed by atoms with Crippen LogP contribution in [0.2, 0.25) is 5.02 Å². The lowest BCUT2D eigenvalue weighted by Gasteiger charge is -2.11. The number of pyridine rings is 1. The second kappa shape index (κ2) is 6.26. The van der Waals surface area contributed by atoms with Crippen molar-refractivity contribution in [3.63, 3.8) is 0 Å². The van der Waals surface area contributed by atoms with E-state index in [0.29, 0.717) is 16.3 Å². The molecule has 0 bridgehead atoms. The summed E-state index contributed by atoms with van der Waals surface area (Å²) in [6.07, 6.45) is 0. The maximum Gasteiger partial charge on any atom is 0.142 e. The fraction of sp³-hybridized carbons (Fsp3) is 0. The molecule has 3 aromatic rings. The molecule has 0 spiro atoms. The van der Waals surface area contributed by atoms with Crippen LogP contribution in [0, 0.1) is 23.0 Å². The molecule has 0 saturated heterocycles. The predicted octanol–water partition coefficient (Wildman–Crippen LogP) is 4.80. The SMILES string of the molecule is N#Cc1c(-c2cc(F)ccc2F)cc(-c2ccc(Cl)cc2)nc1N. The largest absolute Gasteiger partial charge is 0.383 e. The van der Waals surface area contributed by atoms with Gasteiger partial charge in [0.25, 0.3) is 0 Å². The molecule has 24 heavy (non-hydrogen) atoms. The van der Waals surface area contributed by atoms with Crippen LogP contribution < -0.4 is 5.73 Å². The molecule has 3 nitrogen and oxygen atoms in total. The number of hydrogen-bond donors (Lipinski definition) is 1. The molecule has 0 amide bonds. The molecule has 0 fully saturated rings. The van der Waals surface area contributed by atoms with Gasteiger partial charge in [0.15, 0.2) is 0 Å². The van der Waals surface area contributed by atoms with Crippen molar-refractivity contribution in [2.45, 2.75) is 0 Å². The van der Waals surface area contributed by atoms with Gasteiger partial charge in [0.05, 0.1) is 5.69 Å². The average molecular weight is 342 g/mol. The fourth-order valence-electron chi connectivity index (χ4n) is 2.37. The van der Waals surface area contributed by atoms with Crippen molar-refractivity contribution in [2.75, 3.05) is 5.73 Å². The molecule has 2 N–H and O–H groups in total. The van der Waals surface area contributed by atoms with Crippen molar-refractivity contribution in [1.29, 1.82) is 5.26 Å². The molecule has 0 aliphatic carbocycles. The van der Waals surface area contributed by atoms with Crippen molar-refractivity contribution in [3.05, 3.63) is 70.8 Å². The number of aromatic nitrogens is 1. The van der Waals surface area contributed by atoms with E-state index in [1.54, 1.807) is 24.3 Å². The minimum atomic E-state index is -0.652. The number of rotatable bonds is 2. The van der Waals surface area contributed by atoms with Gasteiger partial charge in [-0.15, -0.1) is 0 Å². The van der Waals surface area contributed by atoms with E-state index in [0.717, 1.165) is 18.2 Å². The van der Waals surface area contributed by atoms with Crippen molar-refractivity contribution < 1.29 is 8.78 Å². The van der Waals surface area contributed by atoms with Gasteiger partial charge >= 0.3 is 0 Å². The van der Waals surface area contributed by atoms with Gasteiger partial charge in [-0.05, 0) is 36.4 Å². The standard InChI is InChI=1S/C18H10ClF2N3/c19-11-3-1-10(2-4-11)17-8-13(15(9-22)18(23)24-17)14-7-12(20)5-6-16(14)21/h1-8H,(H2,23,24). The number of nitrogens with two attached hydrogens (primary N) is 1. The summed E-state index contributed by atoms with van der Waals surface area (Å²) in [5.41, 5.74) is 7.11. The highest BCUT2D eigenvalue weighted by Crippen LogP contribution is 2.33. The first kappa shape index (κ1) is 15.9. The molecule has 1 aromatic heterocycles. The van der Waals surface area contributed by atoms with Crippen LogP contribution in [-0.4, -0.2) is 4.98 Å². The Labute approximate surface area is 141 Å². The first-order valence-corrected chi connectivity index (χ1v) is 7.29. The number of hydrogen-bond acceptors (Lipinski definition) is 3. The molecule has 0 radical (unpaired) electrons. The third kappa shape index (κ3) is 2.92. The van der Waals surface area contributed by atoms with Gasteiger partial charge in [0.2, 0.25) is 0 Å². The summed E-state index contributed by atoms with van der Waals surface area (Å²) in [6, 6.07) is 13.2. The van der Waals surface area contributed by atoms with E-state index in [2.05, 4.69) is 4.98 Å². The molecule has 0 saturated carbocycles. The third-order valence-electron chi connectivity index (χ3n) is 3.52. The Balaban J connectivity index is 2.27. The Hall–Kier alpha value is -2.97. The van der Waals surface area contributed by atoms with Crippen molar-refractivity contribution in [3.8, 4) is 28.5 Å². The van der Waals surface area contributed by atoms with Gasteiger partial charge in [0.1, 0.15) is 29.1 Å². The first-order chi connectivity index (χ1) is 11.5. The zero-order chi connectivity index (χ0) is 17.3. The van der Waals surface area contributed by atoms with E-state index < -0.39 is 11.6 Å². The van der Waals surface area contributed by atoms with Crippen molar-refractivity contribution in [2.24, 2.45) is 0 Å². The average Bonchev–Trinajstić information content (AvgIpc) is 2.57. The highest BCUT2D eigenvalue weighted by atomic mass is 35.5. The fourth-order valence-corrected chi connectivity index (χ4v) is 2.49. The van der Waals surface area contributed by atoms with E-state index in [4.69, 9.17) is 17.3 Å². The van der Waals surface area contributed by atoms with Crippen LogP contribution in [0.15, 0.2) is 48.5 Å². The van der Waals surface area contributed by atoms with Gasteiger partial charge < -0.3 is 5.73 Å². The second-order valence-electron chi connectivity index (χ2n) is 5.06. The van der Waals surface area contributed by atoms with Crippen LogP contribution in [0.4, 0.5) is 14.6 Å². The predicted molar refractivity (Wildman–Crippen MR) is 89.2 cm³/mol. The highest BCUT2D eigenvalue weighted by molar-refractivity contribution is 6.30. The van der Waals surface area contributed by atoms with Gasteiger partial charge in [0, 0.05) is 21.7 Å². The lowest BCUT2D eigenvalue weighted by atomic mass is 9.98. The number of nitrogens with zero attached hydrogens (tertiary/aromatic N) is 2. The molecular formula is C18H10ClF2N3. The minimum absolute atomic E-state index is 0.00258. The Kier molecular flexibility index (Phi) is 4.15. The maximum atomic E-state index is 14.1. The zero-order valence-corrected chi connectivity index (χ0v) is 13.0. The Morgan fingerprint density at radius 1 is 1.00 bits per heavy atom. The van der Waals surface area contributed by atoms with Crippen LogP contribution in [0.1, 0.15) is 5.56 Å². The second-order valence-corrected chi connectivity index (χ2v) is 5.49. The van der Waals surface area contributed by atoms with E-state index in [1.165, 1.54) is 6.07 Å². The highest BCUT2D eigenvalue weighted by Gasteiger charge is 2.17. The Morgan fingerprint density at radius 3 is 2.38 bits per heavy atom. The van der Waals surface area contributed by atoms with E-state index in [-0.39, 0.29) is 22.5 Å². The zero-order valence-electron chi connectivity index (χ0n) is 12.2. The molecule has 0 aliphatic rings. The Morgan fingerprint density at radius 2 is 1.71 bits per heavy atom. The molecule has 118 valence electrons. The van der Waals surface area contributed by atoms with Crippen LogP contribution in [0.5, 0.6) is 0 Å². The van der Waals surface area contributed by atoms with Crippen LogP contribution in [0.25, 0.3) is 22.4 Å². The summed E-state index contributed by atoms with van der Waals surface area (Å²) in [5.74, 6) is -1.32. The molecule has 1 heterocycles. The number of anilines is 1. The Bertz CT molecular complexity index is 963. The van der Waals surface area contributed by atoms with Crippen LogP contribution in [0.3, 0.4) is 0 Å². The first-order valence-electron chi connectivity index (χ1n) is 6.91. The number of halogens is 3. The topological polar surface area (TPSA) is 62.7 Å². The number of nitrogen functional groups attached to an aromatic ring is 1. The van der Waals surface area contributed by atoms with Gasteiger partial charge in [-0.3, -0.25) is 0 Å². The molecule has 3 rings (SSSR count). The summed E-state index contributed by atoms with van der Waals surface area (Å²) < 4.78 is 27.7. The molecule has 2 aromatic carbocycles. The van der Waals surface area contributed by atoms with E-state index in [1.807, 2.05) is 6.07 Å². The molecule has 0 aliphatic heterocycles. The summed E-state index contributed by atoms with van der Waals surface area (Å²) in [6.45, 7) is 0. The van der Waals surface area contributed by atoms with Gasteiger partial charge in [-0.1, -0.05) is 23.7 Å². The molecule has 0 unspecified atom stereocenters. The quantitative estimate of drug-likeness (QED) is 0.728. The summed E-state index contributed by atoms with van der Waals surface area (Å²) in [7, 11) is 0. The van der Waals surface area contributed by atoms with Gasteiger partial charge in [-0.2, -0.15) is 5.26 Å². The van der Waals surface area contributed by atoms with Crippen LogP contribution >= 0.6 is 11.6 Å². The monoisotopic (exact) mass is 341 g/mol. The molecule has 0 atom stereocenters. The molecule has 6 heteroatoms. The summed E-state index contributed by atoms with van der Waals surface area (Å²) in [4.78, 5) is 4.18. The molecular weight excluding hydrogens is 332 g/mol. The van der Waals surface area contributed by atoms with Gasteiger partial charge in [-0.25, -0.2) is 13.8 Å². The van der Waals surface area contributed by atoms with E-state index in [9.17, 15) is 14.0 Å². The van der Waals surface area contributed by atoms with E-state index >= 15 is 0 Å². The van der Waals surface area contributed by atoms with Crippen LogP contribution in [-0.2, 0) is 0 Å². The van der Waals surface area contributed by atoms with Crippen molar-refractivity contribution in [1.82, 2.24) is 4.98 Å². The van der Waals surface area contributed by atoms with Crippen molar-refractivity contribution >= 4 is 17.4 Å². The summed E-state index contributed by atoms with van der Waals surface area (Å²) in [5, 5.41) is 9.87. The smallest absolute Gasteiger partial charge is 0.142 e. The summed E-state index contributed by atoms with van der Waals surface area (Å²) >= 11 is 5.86. The minimum Gasteiger partial charge on any atom is -0.383 e. The maximum absolute atomic E-state index is 14.1. The lowest BCUT2D eigenvalue weighted by molar-refractivity contribution is 0.603. The normalized spacial score (nSPS) is 10.4. The third-order valence-corrected chi connectivity index (χ3v) is 3.77. The number of nitriles is 1.